The molecular weight excluding hydrogens is 384 g/mol. The van der Waals surface area contributed by atoms with Crippen LogP contribution in [0.4, 0.5) is 0 Å². The molecule has 1 atom stereocenters. The van der Waals surface area contributed by atoms with Crippen molar-refractivity contribution in [2.45, 2.75) is 23.2 Å². The topological polar surface area (TPSA) is 60.3 Å². The van der Waals surface area contributed by atoms with Crippen LogP contribution in [0.15, 0.2) is 59.8 Å². The van der Waals surface area contributed by atoms with Crippen molar-refractivity contribution in [1.29, 1.82) is 0 Å². The molecule has 0 unspecified atom stereocenters. The molecule has 0 saturated carbocycles. The van der Waals surface area contributed by atoms with Crippen LogP contribution in [0.3, 0.4) is 0 Å². The Morgan fingerprint density at radius 1 is 1.03 bits per heavy atom. The molecule has 1 fully saturated rings. The Morgan fingerprint density at radius 2 is 1.72 bits per heavy atom. The molecule has 1 aliphatic heterocycles. The number of ether oxygens (including phenoxy) is 1. The summed E-state index contributed by atoms with van der Waals surface area (Å²) in [5, 5.41) is 9.14. The van der Waals surface area contributed by atoms with Gasteiger partial charge in [-0.1, -0.05) is 42.1 Å². The van der Waals surface area contributed by atoms with Gasteiger partial charge in [0.25, 0.3) is 0 Å². The van der Waals surface area contributed by atoms with Gasteiger partial charge in [-0.2, -0.15) is 0 Å². The van der Waals surface area contributed by atoms with Gasteiger partial charge in [0.2, 0.25) is 5.91 Å². The number of aromatic nitrogens is 3. The number of thioether (sulfide) groups is 1. The molecule has 7 heteroatoms. The molecule has 2 heterocycles. The minimum Gasteiger partial charge on any atom is -0.497 e. The lowest BCUT2D eigenvalue weighted by Crippen LogP contribution is -2.31. The summed E-state index contributed by atoms with van der Waals surface area (Å²) in [6.07, 6.45) is 2.15. The average molecular weight is 409 g/mol. The highest BCUT2D eigenvalue weighted by atomic mass is 32.2. The van der Waals surface area contributed by atoms with E-state index in [4.69, 9.17) is 4.74 Å². The first-order valence-electron chi connectivity index (χ1n) is 9.71. The molecule has 1 saturated heterocycles. The van der Waals surface area contributed by atoms with Crippen LogP contribution in [0, 0.1) is 0 Å². The molecule has 0 aliphatic carbocycles. The van der Waals surface area contributed by atoms with Gasteiger partial charge in [0.05, 0.1) is 7.11 Å². The normalized spacial score (nSPS) is 14.8. The van der Waals surface area contributed by atoms with Crippen LogP contribution in [-0.4, -0.2) is 45.8 Å². The molecule has 0 bridgehead atoms. The maximum atomic E-state index is 13.2. The highest BCUT2D eigenvalue weighted by Gasteiger charge is 2.30. The molecule has 2 aromatic carbocycles. The van der Waals surface area contributed by atoms with E-state index >= 15 is 0 Å². The molecule has 29 heavy (non-hydrogen) atoms. The summed E-state index contributed by atoms with van der Waals surface area (Å²) in [6, 6.07) is 17.7. The van der Waals surface area contributed by atoms with Crippen molar-refractivity contribution in [2.75, 3.05) is 20.2 Å². The first kappa shape index (κ1) is 19.5. The van der Waals surface area contributed by atoms with Crippen LogP contribution in [0.1, 0.15) is 23.7 Å². The third-order valence-electron chi connectivity index (χ3n) is 5.15. The second kappa shape index (κ2) is 8.69. The number of methoxy groups -OCH3 is 1. The van der Waals surface area contributed by atoms with Crippen molar-refractivity contribution in [3.05, 3.63) is 60.2 Å². The Bertz CT molecular complexity index is 966. The predicted octanol–water partition coefficient (Wildman–Crippen LogP) is 3.95. The van der Waals surface area contributed by atoms with Gasteiger partial charge in [-0.3, -0.25) is 4.79 Å². The summed E-state index contributed by atoms with van der Waals surface area (Å²) in [4.78, 5) is 15.2. The van der Waals surface area contributed by atoms with Crippen molar-refractivity contribution in [3.8, 4) is 17.1 Å². The quantitative estimate of drug-likeness (QED) is 0.578. The predicted molar refractivity (Wildman–Crippen MR) is 114 cm³/mol. The van der Waals surface area contributed by atoms with E-state index in [9.17, 15) is 4.79 Å². The molecular formula is C22H24N4O2S. The number of likely N-dealkylation sites (tertiary alicyclic amines) is 1. The van der Waals surface area contributed by atoms with Crippen LogP contribution < -0.4 is 4.74 Å². The number of amides is 1. The monoisotopic (exact) mass is 408 g/mol. The number of hydrogen-bond acceptors (Lipinski definition) is 5. The highest BCUT2D eigenvalue weighted by Crippen LogP contribution is 2.37. The number of nitrogens with zero attached hydrogens (tertiary/aromatic N) is 4. The van der Waals surface area contributed by atoms with Gasteiger partial charge in [-0.25, -0.2) is 0 Å². The van der Waals surface area contributed by atoms with Crippen LogP contribution in [-0.2, 0) is 11.8 Å². The first-order valence-corrected chi connectivity index (χ1v) is 10.6. The largest absolute Gasteiger partial charge is 0.497 e. The number of carbonyl (C=O) groups excluding carboxylic acids is 1. The SMILES string of the molecule is COc1ccc(-c2nnc(S[C@H](C(=O)N3CCCC3)c3ccccc3)n2C)cc1. The van der Waals surface area contributed by atoms with Crippen LogP contribution >= 0.6 is 11.8 Å². The van der Waals surface area contributed by atoms with Crippen molar-refractivity contribution in [1.82, 2.24) is 19.7 Å². The van der Waals surface area contributed by atoms with E-state index < -0.39 is 0 Å². The van der Waals surface area contributed by atoms with E-state index in [2.05, 4.69) is 10.2 Å². The maximum absolute atomic E-state index is 13.2. The lowest BCUT2D eigenvalue weighted by Gasteiger charge is -2.22. The molecule has 0 radical (unpaired) electrons. The van der Waals surface area contributed by atoms with Crippen molar-refractivity contribution < 1.29 is 9.53 Å². The van der Waals surface area contributed by atoms with Crippen molar-refractivity contribution >= 4 is 17.7 Å². The smallest absolute Gasteiger partial charge is 0.240 e. The summed E-state index contributed by atoms with van der Waals surface area (Å²) >= 11 is 1.46. The summed E-state index contributed by atoms with van der Waals surface area (Å²) in [5.41, 5.74) is 1.94. The molecule has 0 N–H and O–H groups in total. The first-order chi connectivity index (χ1) is 14.2. The fourth-order valence-corrected chi connectivity index (χ4v) is 4.59. The number of benzene rings is 2. The van der Waals surface area contributed by atoms with E-state index in [0.717, 1.165) is 53.8 Å². The van der Waals surface area contributed by atoms with Crippen LogP contribution in [0.2, 0.25) is 0 Å². The molecule has 1 aliphatic rings. The molecule has 6 nitrogen and oxygen atoms in total. The van der Waals surface area contributed by atoms with Gasteiger partial charge in [-0.15, -0.1) is 10.2 Å². The molecule has 150 valence electrons. The highest BCUT2D eigenvalue weighted by molar-refractivity contribution is 8.00. The second-order valence-electron chi connectivity index (χ2n) is 7.03. The Kier molecular flexibility index (Phi) is 5.85. The average Bonchev–Trinajstić information content (AvgIpc) is 3.43. The van der Waals surface area contributed by atoms with Gasteiger partial charge in [-0.05, 0) is 42.7 Å². The fraction of sp³-hybridized carbons (Fsp3) is 0.318. The third-order valence-corrected chi connectivity index (χ3v) is 6.43. The zero-order valence-corrected chi connectivity index (χ0v) is 17.4. The molecule has 3 aromatic rings. The summed E-state index contributed by atoms with van der Waals surface area (Å²) in [5.74, 6) is 1.70. The zero-order chi connectivity index (χ0) is 20.2. The van der Waals surface area contributed by atoms with Crippen LogP contribution in [0.5, 0.6) is 5.75 Å². The van der Waals surface area contributed by atoms with Crippen LogP contribution in [0.25, 0.3) is 11.4 Å². The summed E-state index contributed by atoms with van der Waals surface area (Å²) < 4.78 is 7.17. The minimum atomic E-state index is -0.332. The Labute approximate surface area is 174 Å². The number of hydrogen-bond donors (Lipinski definition) is 0. The van der Waals surface area contributed by atoms with Gasteiger partial charge in [0, 0.05) is 25.7 Å². The number of carbonyl (C=O) groups is 1. The lowest BCUT2D eigenvalue weighted by atomic mass is 10.1. The van der Waals surface area contributed by atoms with Gasteiger partial charge in [0.1, 0.15) is 11.0 Å². The number of rotatable bonds is 6. The molecule has 0 spiro atoms. The van der Waals surface area contributed by atoms with E-state index in [1.165, 1.54) is 11.8 Å². The Morgan fingerprint density at radius 3 is 2.38 bits per heavy atom. The van der Waals surface area contributed by atoms with Gasteiger partial charge < -0.3 is 14.2 Å². The van der Waals surface area contributed by atoms with Crippen molar-refractivity contribution in [2.24, 2.45) is 7.05 Å². The Hall–Kier alpha value is -2.80. The molecule has 1 amide bonds. The molecule has 4 rings (SSSR count). The lowest BCUT2D eigenvalue weighted by molar-refractivity contribution is -0.129. The van der Waals surface area contributed by atoms with E-state index in [1.54, 1.807) is 7.11 Å². The van der Waals surface area contributed by atoms with Gasteiger partial charge in [0.15, 0.2) is 11.0 Å². The van der Waals surface area contributed by atoms with E-state index in [1.807, 2.05) is 71.1 Å². The van der Waals surface area contributed by atoms with E-state index in [0.29, 0.717) is 0 Å². The van der Waals surface area contributed by atoms with E-state index in [-0.39, 0.29) is 11.2 Å². The molecule has 1 aromatic heterocycles. The fourth-order valence-electron chi connectivity index (χ4n) is 3.51. The zero-order valence-electron chi connectivity index (χ0n) is 16.6. The van der Waals surface area contributed by atoms with Crippen molar-refractivity contribution in [3.63, 3.8) is 0 Å². The maximum Gasteiger partial charge on any atom is 0.240 e. The standard InChI is InChI=1S/C22H24N4O2S/c1-25-20(17-10-12-18(28-2)13-11-17)23-24-22(25)29-19(16-8-4-3-5-9-16)21(27)26-14-6-7-15-26/h3-5,8-13,19H,6-7,14-15H2,1-2H3/t19-/m0/s1. The minimum absolute atomic E-state index is 0.146. The summed E-state index contributed by atoms with van der Waals surface area (Å²) in [7, 11) is 3.58. The second-order valence-corrected chi connectivity index (χ2v) is 8.11. The summed E-state index contributed by atoms with van der Waals surface area (Å²) in [6.45, 7) is 1.66. The Balaban J connectivity index is 1.62. The third kappa shape index (κ3) is 4.15. The van der Waals surface area contributed by atoms with Gasteiger partial charge >= 0.3 is 0 Å².